The molecule has 10 nitrogen and oxygen atoms in total. The van der Waals surface area contributed by atoms with Gasteiger partial charge in [0, 0.05) is 12.5 Å². The van der Waals surface area contributed by atoms with Crippen molar-refractivity contribution in [1.82, 2.24) is 10.4 Å². The zero-order valence-electron chi connectivity index (χ0n) is 20.4. The van der Waals surface area contributed by atoms with Gasteiger partial charge in [0.1, 0.15) is 0 Å². The number of carbonyl (C=O) groups is 4. The summed E-state index contributed by atoms with van der Waals surface area (Å²) >= 11 is 0. The number of nitrogens with one attached hydrogen (secondary N) is 2. The molecule has 1 heterocycles. The number of fused-ring (bicyclic) bond motifs is 1. The number of hydrogen-bond acceptors (Lipinski definition) is 7. The van der Waals surface area contributed by atoms with Crippen molar-refractivity contribution in [3.63, 3.8) is 0 Å². The second kappa shape index (κ2) is 10.3. The number of hydrogen-bond donors (Lipinski definition) is 3. The molecule has 0 saturated heterocycles. The maximum absolute atomic E-state index is 13.6. The van der Waals surface area contributed by atoms with Crippen molar-refractivity contribution >= 4 is 29.4 Å². The van der Waals surface area contributed by atoms with Crippen molar-refractivity contribution in [1.29, 1.82) is 0 Å². The Balaban J connectivity index is 1.61. The third kappa shape index (κ3) is 5.27. The first kappa shape index (κ1) is 25.0. The molecule has 1 atom stereocenters. The third-order valence-corrected chi connectivity index (χ3v) is 6.25. The Bertz CT molecular complexity index is 1210. The summed E-state index contributed by atoms with van der Waals surface area (Å²) in [6, 6.07) is 9.09. The van der Waals surface area contributed by atoms with Crippen LogP contribution in [0.3, 0.4) is 0 Å². The molecule has 2 aromatic rings. The number of methoxy groups -OCH3 is 1. The Hall–Kier alpha value is -4.08. The van der Waals surface area contributed by atoms with E-state index in [1.165, 1.54) is 18.1 Å². The molecule has 3 N–H and O–H groups in total. The van der Waals surface area contributed by atoms with Gasteiger partial charge in [0.2, 0.25) is 5.91 Å². The topological polar surface area (TPSA) is 134 Å². The molecule has 0 radical (unpaired) electrons. The molecule has 1 aliphatic carbocycles. The van der Waals surface area contributed by atoms with Crippen LogP contribution in [0.4, 0.5) is 5.69 Å². The fourth-order valence-electron chi connectivity index (χ4n) is 4.08. The van der Waals surface area contributed by atoms with E-state index in [0.717, 1.165) is 12.8 Å². The fourth-order valence-corrected chi connectivity index (χ4v) is 4.08. The van der Waals surface area contributed by atoms with Gasteiger partial charge in [-0.15, -0.1) is 0 Å². The number of hydroxylamine groups is 1. The van der Waals surface area contributed by atoms with Crippen LogP contribution in [-0.4, -0.2) is 40.8 Å². The van der Waals surface area contributed by atoms with E-state index in [9.17, 15) is 24.3 Å². The van der Waals surface area contributed by atoms with E-state index in [-0.39, 0.29) is 42.2 Å². The normalized spacial score (nSPS) is 15.3. The van der Waals surface area contributed by atoms with E-state index >= 15 is 0 Å². The molecule has 3 amide bonds. The van der Waals surface area contributed by atoms with Gasteiger partial charge in [0.25, 0.3) is 11.8 Å². The maximum Gasteiger partial charge on any atom is 0.334 e. The lowest BCUT2D eigenvalue weighted by atomic mass is 10.0. The molecule has 0 aromatic heterocycles. The van der Waals surface area contributed by atoms with Crippen LogP contribution in [0.2, 0.25) is 0 Å². The van der Waals surface area contributed by atoms with Gasteiger partial charge < -0.3 is 24.9 Å². The Morgan fingerprint density at radius 3 is 2.56 bits per heavy atom. The van der Waals surface area contributed by atoms with E-state index < -0.39 is 23.8 Å². The molecule has 2 aliphatic rings. The van der Waals surface area contributed by atoms with Crippen LogP contribution in [-0.2, 0) is 25.8 Å². The zero-order valence-corrected chi connectivity index (χ0v) is 20.4. The molecule has 36 heavy (non-hydrogen) atoms. The van der Waals surface area contributed by atoms with E-state index in [2.05, 4.69) is 10.8 Å². The quantitative estimate of drug-likeness (QED) is 0.479. The van der Waals surface area contributed by atoms with Gasteiger partial charge in [-0.3, -0.25) is 14.4 Å². The van der Waals surface area contributed by atoms with E-state index in [0.29, 0.717) is 22.4 Å². The predicted octanol–water partition coefficient (Wildman–Crippen LogP) is 3.07. The monoisotopic (exact) mass is 495 g/mol. The fraction of sp³-hybridized carbons (Fsp3) is 0.385. The lowest BCUT2D eigenvalue weighted by Gasteiger charge is -2.28. The number of benzene rings is 2. The van der Waals surface area contributed by atoms with Crippen molar-refractivity contribution in [2.45, 2.75) is 45.7 Å². The van der Waals surface area contributed by atoms with Crippen molar-refractivity contribution in [3.8, 4) is 11.5 Å². The molecule has 1 aliphatic heterocycles. The molecule has 1 saturated carbocycles. The SMILES string of the molecule is COc1ccc([C@@H](CC(=O)NOC(=O)C(C)C)N2Cc3cccc(NC(=O)C4CC4)c3C2=O)cc1O. The second-order valence-corrected chi connectivity index (χ2v) is 9.29. The number of phenolic OH excluding ortho intramolecular Hbond substituents is 1. The summed E-state index contributed by atoms with van der Waals surface area (Å²) < 4.78 is 5.11. The molecule has 0 spiro atoms. The molecule has 0 bridgehead atoms. The standard InChI is InChI=1S/C26H29N3O7/c1-14(2)26(34)36-28-22(31)12-19(16-9-10-21(35-3)20(30)11-16)29-13-17-5-4-6-18(23(17)25(29)33)27-24(32)15-7-8-15/h4-6,9-11,14-15,19,30H,7-8,12-13H2,1-3H3,(H,27,32)(H,28,31)/t19-/m1/s1. The lowest BCUT2D eigenvalue weighted by Crippen LogP contribution is -2.35. The molecule has 190 valence electrons. The zero-order chi connectivity index (χ0) is 26.0. The lowest BCUT2D eigenvalue weighted by molar-refractivity contribution is -0.161. The molecule has 1 fully saturated rings. The van der Waals surface area contributed by atoms with Gasteiger partial charge >= 0.3 is 5.97 Å². The van der Waals surface area contributed by atoms with Crippen molar-refractivity contribution < 1.29 is 33.9 Å². The number of aromatic hydroxyl groups is 1. The summed E-state index contributed by atoms with van der Waals surface area (Å²) in [6.45, 7) is 3.46. The summed E-state index contributed by atoms with van der Waals surface area (Å²) in [5.41, 5.74) is 4.16. The minimum absolute atomic E-state index is 0.0271. The Labute approximate surface area is 208 Å². The summed E-state index contributed by atoms with van der Waals surface area (Å²) in [4.78, 5) is 56.8. The van der Waals surface area contributed by atoms with Gasteiger partial charge in [0.15, 0.2) is 11.5 Å². The highest BCUT2D eigenvalue weighted by atomic mass is 16.7. The Morgan fingerprint density at radius 2 is 1.92 bits per heavy atom. The van der Waals surface area contributed by atoms with Crippen LogP contribution in [0, 0.1) is 11.8 Å². The highest BCUT2D eigenvalue weighted by molar-refractivity contribution is 6.07. The third-order valence-electron chi connectivity index (χ3n) is 6.25. The predicted molar refractivity (Wildman–Crippen MR) is 129 cm³/mol. The van der Waals surface area contributed by atoms with Crippen LogP contribution in [0.5, 0.6) is 11.5 Å². The maximum atomic E-state index is 13.6. The van der Waals surface area contributed by atoms with Crippen molar-refractivity contribution in [2.75, 3.05) is 12.4 Å². The molecule has 0 unspecified atom stereocenters. The number of phenols is 1. The first-order valence-electron chi connectivity index (χ1n) is 11.8. The Morgan fingerprint density at radius 1 is 1.17 bits per heavy atom. The average Bonchev–Trinajstić information content (AvgIpc) is 3.65. The van der Waals surface area contributed by atoms with Gasteiger partial charge in [-0.1, -0.05) is 32.0 Å². The number of ether oxygens (including phenoxy) is 1. The number of anilines is 1. The number of rotatable bonds is 8. The highest BCUT2D eigenvalue weighted by Gasteiger charge is 2.38. The summed E-state index contributed by atoms with van der Waals surface area (Å²) in [6.07, 6.45) is 1.43. The minimum atomic E-state index is -0.800. The number of carbonyl (C=O) groups excluding carboxylic acids is 4. The second-order valence-electron chi connectivity index (χ2n) is 9.29. The summed E-state index contributed by atoms with van der Waals surface area (Å²) in [5.74, 6) is -2.04. The molecule has 10 heteroatoms. The van der Waals surface area contributed by atoms with Crippen LogP contribution in [0.25, 0.3) is 0 Å². The molecule has 4 rings (SSSR count). The summed E-state index contributed by atoms with van der Waals surface area (Å²) in [5, 5.41) is 13.2. The first-order valence-corrected chi connectivity index (χ1v) is 11.8. The average molecular weight is 496 g/mol. The summed E-state index contributed by atoms with van der Waals surface area (Å²) in [7, 11) is 1.42. The molecular weight excluding hydrogens is 466 g/mol. The largest absolute Gasteiger partial charge is 0.504 e. The molecule has 2 aromatic carbocycles. The van der Waals surface area contributed by atoms with Crippen LogP contribution < -0.4 is 15.5 Å². The minimum Gasteiger partial charge on any atom is -0.504 e. The Kier molecular flexibility index (Phi) is 7.14. The van der Waals surface area contributed by atoms with E-state index in [4.69, 9.17) is 9.57 Å². The van der Waals surface area contributed by atoms with Crippen molar-refractivity contribution in [3.05, 3.63) is 53.1 Å². The van der Waals surface area contributed by atoms with Crippen LogP contribution in [0.1, 0.15) is 60.6 Å². The number of nitrogens with zero attached hydrogens (tertiary/aromatic N) is 1. The van der Waals surface area contributed by atoms with Gasteiger partial charge in [-0.25, -0.2) is 4.79 Å². The van der Waals surface area contributed by atoms with Gasteiger partial charge in [-0.2, -0.15) is 5.48 Å². The van der Waals surface area contributed by atoms with E-state index in [1.807, 2.05) is 0 Å². The van der Waals surface area contributed by atoms with E-state index in [1.54, 1.807) is 44.2 Å². The smallest absolute Gasteiger partial charge is 0.334 e. The van der Waals surface area contributed by atoms with Crippen LogP contribution in [0.15, 0.2) is 36.4 Å². The van der Waals surface area contributed by atoms with Crippen molar-refractivity contribution in [2.24, 2.45) is 11.8 Å². The van der Waals surface area contributed by atoms with Crippen LogP contribution >= 0.6 is 0 Å². The highest BCUT2D eigenvalue weighted by Crippen LogP contribution is 2.39. The molecular formula is C26H29N3O7. The first-order chi connectivity index (χ1) is 17.2. The number of amides is 3. The van der Waals surface area contributed by atoms with Gasteiger partial charge in [0.05, 0.1) is 36.7 Å². The van der Waals surface area contributed by atoms with Gasteiger partial charge in [-0.05, 0) is 42.2 Å².